The largest absolute Gasteiger partial charge is 0.365 e. The molecule has 3 heteroatoms. The molecule has 2 aromatic carbocycles. The van der Waals surface area contributed by atoms with E-state index in [2.05, 4.69) is 91.6 Å². The second-order valence-electron chi connectivity index (χ2n) is 8.56. The molecule has 2 aliphatic rings. The van der Waals surface area contributed by atoms with Gasteiger partial charge in [-0.1, -0.05) is 60.7 Å². The van der Waals surface area contributed by atoms with Crippen molar-refractivity contribution in [2.24, 2.45) is 11.8 Å². The summed E-state index contributed by atoms with van der Waals surface area (Å²) in [5.74, 6) is 1.19. The lowest BCUT2D eigenvalue weighted by molar-refractivity contribution is -0.132. The zero-order valence-corrected chi connectivity index (χ0v) is 16.8. The second-order valence-corrected chi connectivity index (χ2v) is 8.56. The van der Waals surface area contributed by atoms with Gasteiger partial charge in [-0.3, -0.25) is 0 Å². The van der Waals surface area contributed by atoms with Gasteiger partial charge in [0.1, 0.15) is 6.10 Å². The maximum atomic E-state index is 7.01. The molecule has 144 valence electrons. The molecular weight excluding hydrogens is 332 g/mol. The summed E-state index contributed by atoms with van der Waals surface area (Å²) < 4.78 is 7.01. The molecule has 1 heterocycles. The van der Waals surface area contributed by atoms with Crippen molar-refractivity contribution in [1.82, 2.24) is 9.80 Å². The first-order valence-corrected chi connectivity index (χ1v) is 10.2. The van der Waals surface area contributed by atoms with Gasteiger partial charge >= 0.3 is 0 Å². The number of ether oxygens (including phenoxy) is 1. The van der Waals surface area contributed by atoms with Crippen molar-refractivity contribution in [3.05, 3.63) is 71.8 Å². The monoisotopic (exact) mass is 364 g/mol. The Balaban J connectivity index is 1.66. The van der Waals surface area contributed by atoms with Crippen LogP contribution in [0, 0.1) is 11.8 Å². The van der Waals surface area contributed by atoms with Gasteiger partial charge in [0.15, 0.2) is 0 Å². The van der Waals surface area contributed by atoms with Gasteiger partial charge in [-0.25, -0.2) is 0 Å². The van der Waals surface area contributed by atoms with Gasteiger partial charge in [0.05, 0.1) is 6.10 Å². The van der Waals surface area contributed by atoms with Gasteiger partial charge in [-0.05, 0) is 51.0 Å². The van der Waals surface area contributed by atoms with Crippen LogP contribution in [-0.2, 0) is 4.74 Å². The predicted molar refractivity (Wildman–Crippen MR) is 111 cm³/mol. The lowest BCUT2D eigenvalue weighted by Crippen LogP contribution is -2.59. The highest BCUT2D eigenvalue weighted by atomic mass is 16.5. The zero-order valence-electron chi connectivity index (χ0n) is 16.8. The van der Waals surface area contributed by atoms with Crippen molar-refractivity contribution in [2.45, 2.75) is 31.1 Å². The molecule has 4 rings (SSSR count). The van der Waals surface area contributed by atoms with Crippen LogP contribution in [-0.4, -0.2) is 56.2 Å². The first kappa shape index (κ1) is 18.7. The van der Waals surface area contributed by atoms with Crippen LogP contribution in [0.3, 0.4) is 0 Å². The van der Waals surface area contributed by atoms with Crippen molar-refractivity contribution in [3.63, 3.8) is 0 Å². The van der Waals surface area contributed by atoms with Crippen molar-refractivity contribution < 1.29 is 4.74 Å². The van der Waals surface area contributed by atoms with Crippen LogP contribution in [0.4, 0.5) is 0 Å². The van der Waals surface area contributed by atoms with E-state index < -0.39 is 0 Å². The molecule has 1 saturated heterocycles. The number of benzene rings is 2. The smallest absolute Gasteiger partial charge is 0.108 e. The fourth-order valence-corrected chi connectivity index (χ4v) is 5.20. The summed E-state index contributed by atoms with van der Waals surface area (Å²) in [6.45, 7) is 2.28. The van der Waals surface area contributed by atoms with E-state index in [1.54, 1.807) is 0 Å². The van der Waals surface area contributed by atoms with E-state index in [1.165, 1.54) is 24.0 Å². The second kappa shape index (κ2) is 8.14. The van der Waals surface area contributed by atoms with Crippen molar-refractivity contribution in [3.8, 4) is 0 Å². The summed E-state index contributed by atoms with van der Waals surface area (Å²) in [5.41, 5.74) is 2.50. The summed E-state index contributed by atoms with van der Waals surface area (Å²) in [6.07, 6.45) is 2.86. The van der Waals surface area contributed by atoms with E-state index >= 15 is 0 Å². The molecule has 27 heavy (non-hydrogen) atoms. The van der Waals surface area contributed by atoms with Crippen molar-refractivity contribution in [1.29, 1.82) is 0 Å². The molecule has 0 amide bonds. The molecule has 0 radical (unpaired) electrons. The minimum Gasteiger partial charge on any atom is -0.365 e. The maximum Gasteiger partial charge on any atom is 0.108 e. The maximum absolute atomic E-state index is 7.01. The number of piperidine rings is 1. The molecule has 2 fully saturated rings. The summed E-state index contributed by atoms with van der Waals surface area (Å²) in [5, 5.41) is 0. The molecule has 0 spiro atoms. The molecule has 0 aromatic heterocycles. The number of nitrogens with zero attached hydrogens (tertiary/aromatic N) is 2. The minimum absolute atomic E-state index is 0.00622. The minimum atomic E-state index is 0.00622. The van der Waals surface area contributed by atoms with E-state index in [0.717, 1.165) is 13.1 Å². The van der Waals surface area contributed by atoms with Gasteiger partial charge < -0.3 is 14.5 Å². The van der Waals surface area contributed by atoms with Crippen LogP contribution < -0.4 is 0 Å². The number of likely N-dealkylation sites (tertiary alicyclic amines) is 1. The van der Waals surface area contributed by atoms with Gasteiger partial charge in [-0.15, -0.1) is 0 Å². The number of rotatable bonds is 5. The average molecular weight is 365 g/mol. The summed E-state index contributed by atoms with van der Waals surface area (Å²) in [7, 11) is 6.71. The first-order valence-electron chi connectivity index (χ1n) is 10.2. The Hall–Kier alpha value is -1.68. The van der Waals surface area contributed by atoms with E-state index in [9.17, 15) is 0 Å². The van der Waals surface area contributed by atoms with Crippen LogP contribution in [0.1, 0.15) is 30.1 Å². The van der Waals surface area contributed by atoms with Gasteiger partial charge in [-0.2, -0.15) is 0 Å². The molecule has 2 unspecified atom stereocenters. The standard InChI is InChI=1S/C24H32N2O/c1-25(2)22-15-14-20-16-26(3)17-21(22)24(20)27-23(18-10-6-4-7-11-18)19-12-8-5-9-13-19/h4-13,20-24H,14-17H2,1-3H3/t20?,21?,22-,24-/m1/s1. The zero-order chi connectivity index (χ0) is 18.8. The Morgan fingerprint density at radius 1 is 0.889 bits per heavy atom. The normalized spacial score (nSPS) is 28.6. The third kappa shape index (κ3) is 3.96. The highest BCUT2D eigenvalue weighted by Gasteiger charge is 2.46. The molecule has 2 bridgehead atoms. The summed E-state index contributed by atoms with van der Waals surface area (Å²) in [4.78, 5) is 4.92. The molecule has 0 N–H and O–H groups in total. The lowest BCUT2D eigenvalue weighted by Gasteiger charge is -2.52. The number of hydrogen-bond acceptors (Lipinski definition) is 3. The van der Waals surface area contributed by atoms with Gasteiger partial charge in [0.25, 0.3) is 0 Å². The molecular formula is C24H32N2O. The molecule has 3 nitrogen and oxygen atoms in total. The van der Waals surface area contributed by atoms with Gasteiger partial charge in [0, 0.05) is 25.0 Å². The third-order valence-corrected chi connectivity index (χ3v) is 6.44. The molecule has 4 atom stereocenters. The quantitative estimate of drug-likeness (QED) is 0.796. The summed E-state index contributed by atoms with van der Waals surface area (Å²) >= 11 is 0. The van der Waals surface area contributed by atoms with Crippen LogP contribution in [0.2, 0.25) is 0 Å². The summed E-state index contributed by atoms with van der Waals surface area (Å²) in [6, 6.07) is 22.0. The molecule has 1 saturated carbocycles. The predicted octanol–water partition coefficient (Wildman–Crippen LogP) is 4.06. The van der Waals surface area contributed by atoms with E-state index in [1.807, 2.05) is 0 Å². The van der Waals surface area contributed by atoms with Crippen LogP contribution in [0.5, 0.6) is 0 Å². The first-order chi connectivity index (χ1) is 13.1. The molecule has 1 aliphatic heterocycles. The van der Waals surface area contributed by atoms with Crippen molar-refractivity contribution in [2.75, 3.05) is 34.2 Å². The van der Waals surface area contributed by atoms with Crippen LogP contribution in [0.25, 0.3) is 0 Å². The fourth-order valence-electron chi connectivity index (χ4n) is 5.20. The fraction of sp³-hybridized carbons (Fsp3) is 0.500. The van der Waals surface area contributed by atoms with E-state index in [-0.39, 0.29) is 6.10 Å². The Morgan fingerprint density at radius 3 is 2.04 bits per heavy atom. The van der Waals surface area contributed by atoms with Gasteiger partial charge in [0.2, 0.25) is 0 Å². The molecule has 2 aromatic rings. The SMILES string of the molecule is CN1CC2CC[C@@H](N(C)C)C(C1)[C@@H]2OC(c1ccccc1)c1ccccc1. The Labute approximate surface area is 163 Å². The Bertz CT molecular complexity index is 678. The van der Waals surface area contributed by atoms with Crippen LogP contribution >= 0.6 is 0 Å². The highest BCUT2D eigenvalue weighted by molar-refractivity contribution is 5.30. The molecule has 1 aliphatic carbocycles. The van der Waals surface area contributed by atoms with Crippen LogP contribution in [0.15, 0.2) is 60.7 Å². The topological polar surface area (TPSA) is 15.7 Å². The van der Waals surface area contributed by atoms with Crippen molar-refractivity contribution >= 4 is 0 Å². The Morgan fingerprint density at radius 2 is 1.48 bits per heavy atom. The van der Waals surface area contributed by atoms with E-state index in [4.69, 9.17) is 4.74 Å². The highest BCUT2D eigenvalue weighted by Crippen LogP contribution is 2.41. The number of hydrogen-bond donors (Lipinski definition) is 0. The van der Waals surface area contributed by atoms with E-state index in [0.29, 0.717) is 24.0 Å². The number of fused-ring (bicyclic) bond motifs is 2. The third-order valence-electron chi connectivity index (χ3n) is 6.44. The average Bonchev–Trinajstić information content (AvgIpc) is 2.67. The lowest BCUT2D eigenvalue weighted by atomic mass is 9.71. The Kier molecular flexibility index (Phi) is 5.63.